The predicted molar refractivity (Wildman–Crippen MR) is 93.2 cm³/mol. The Balaban J connectivity index is 1.58. The lowest BCUT2D eigenvalue weighted by Gasteiger charge is -2.21. The molecule has 0 spiro atoms. The summed E-state index contributed by atoms with van der Waals surface area (Å²) in [6.07, 6.45) is 2.61. The quantitative estimate of drug-likeness (QED) is 0.801. The van der Waals surface area contributed by atoms with Crippen molar-refractivity contribution in [1.82, 2.24) is 9.21 Å². The van der Waals surface area contributed by atoms with Gasteiger partial charge in [0.2, 0.25) is 10.0 Å². The number of ether oxygens (including phenoxy) is 1. The number of fused-ring (bicyclic) bond motifs is 1. The van der Waals surface area contributed by atoms with Crippen LogP contribution >= 0.6 is 0 Å². The lowest BCUT2D eigenvalue weighted by Crippen LogP contribution is -2.39. The van der Waals surface area contributed by atoms with Crippen LogP contribution in [0.2, 0.25) is 0 Å². The molecular formula is C18H20N2O5S. The van der Waals surface area contributed by atoms with Crippen LogP contribution in [0.4, 0.5) is 4.79 Å². The molecule has 1 saturated heterocycles. The van der Waals surface area contributed by atoms with Crippen LogP contribution in [-0.4, -0.2) is 48.5 Å². The van der Waals surface area contributed by atoms with Crippen LogP contribution in [0.15, 0.2) is 41.6 Å². The Morgan fingerprint density at radius 3 is 2.50 bits per heavy atom. The Labute approximate surface area is 152 Å². The van der Waals surface area contributed by atoms with Gasteiger partial charge >= 0.3 is 6.09 Å². The molecule has 2 heterocycles. The van der Waals surface area contributed by atoms with Gasteiger partial charge in [0.05, 0.1) is 18.0 Å². The topological polar surface area (TPSA) is 84.0 Å². The fourth-order valence-corrected chi connectivity index (χ4v) is 4.80. The molecule has 1 aromatic carbocycles. The maximum Gasteiger partial charge on any atom is 0.414 e. The van der Waals surface area contributed by atoms with Crippen LogP contribution in [0.3, 0.4) is 0 Å². The van der Waals surface area contributed by atoms with Crippen LogP contribution in [0.25, 0.3) is 0 Å². The molecule has 1 saturated carbocycles. The number of likely N-dealkylation sites (tertiary alicyclic amines) is 1. The smallest absolute Gasteiger partial charge is 0.414 e. The average Bonchev–Trinajstić information content (AvgIpc) is 3.26. The van der Waals surface area contributed by atoms with Crippen LogP contribution in [0, 0.1) is 5.92 Å². The van der Waals surface area contributed by atoms with Crippen molar-refractivity contribution in [3.8, 4) is 0 Å². The lowest BCUT2D eigenvalue weighted by atomic mass is 10.1. The first-order valence-corrected chi connectivity index (χ1v) is 10.5. The summed E-state index contributed by atoms with van der Waals surface area (Å²) in [7, 11) is -3.69. The van der Waals surface area contributed by atoms with Gasteiger partial charge in [-0.3, -0.25) is 9.69 Å². The minimum absolute atomic E-state index is 0.0503. The molecule has 0 radical (unpaired) electrons. The van der Waals surface area contributed by atoms with E-state index in [2.05, 4.69) is 0 Å². The summed E-state index contributed by atoms with van der Waals surface area (Å²) < 4.78 is 30.6. The average molecular weight is 376 g/mol. The number of hydrogen-bond donors (Lipinski definition) is 0. The molecule has 2 aliphatic heterocycles. The van der Waals surface area contributed by atoms with E-state index >= 15 is 0 Å². The molecule has 2 amide bonds. The van der Waals surface area contributed by atoms with Crippen molar-refractivity contribution >= 4 is 22.0 Å². The van der Waals surface area contributed by atoms with E-state index in [1.54, 1.807) is 0 Å². The van der Waals surface area contributed by atoms with Crippen LogP contribution in [0.5, 0.6) is 0 Å². The fraction of sp³-hybridized carbons (Fsp3) is 0.444. The number of hydrogen-bond acceptors (Lipinski definition) is 5. The second-order valence-electron chi connectivity index (χ2n) is 6.93. The third kappa shape index (κ3) is 2.88. The van der Waals surface area contributed by atoms with E-state index in [4.69, 9.17) is 4.74 Å². The molecular weight excluding hydrogens is 356 g/mol. The third-order valence-corrected chi connectivity index (χ3v) is 6.13. The summed E-state index contributed by atoms with van der Waals surface area (Å²) >= 11 is 0. The second-order valence-corrected chi connectivity index (χ2v) is 8.79. The zero-order valence-corrected chi connectivity index (χ0v) is 15.2. The van der Waals surface area contributed by atoms with E-state index in [9.17, 15) is 18.0 Å². The van der Waals surface area contributed by atoms with Gasteiger partial charge < -0.3 is 4.74 Å². The first kappa shape index (κ1) is 17.1. The summed E-state index contributed by atoms with van der Waals surface area (Å²) in [6.45, 7) is 0.486. The first-order valence-electron chi connectivity index (χ1n) is 8.64. The maximum atomic E-state index is 12.7. The molecule has 7 nitrogen and oxygen atoms in total. The van der Waals surface area contributed by atoms with Crippen molar-refractivity contribution in [2.24, 2.45) is 5.92 Å². The van der Waals surface area contributed by atoms with Gasteiger partial charge in [0.1, 0.15) is 6.61 Å². The van der Waals surface area contributed by atoms with Gasteiger partial charge in [0, 0.05) is 12.1 Å². The van der Waals surface area contributed by atoms with E-state index in [1.165, 1.54) is 4.90 Å². The molecule has 26 heavy (non-hydrogen) atoms. The minimum atomic E-state index is -3.69. The molecule has 0 bridgehead atoms. The minimum Gasteiger partial charge on any atom is -0.444 e. The summed E-state index contributed by atoms with van der Waals surface area (Å²) in [5.41, 5.74) is 1.88. The Kier molecular flexibility index (Phi) is 4.02. The highest BCUT2D eigenvalue weighted by Crippen LogP contribution is 2.47. The largest absolute Gasteiger partial charge is 0.444 e. The molecule has 3 aliphatic rings. The predicted octanol–water partition coefficient (Wildman–Crippen LogP) is 1.86. The van der Waals surface area contributed by atoms with Crippen LogP contribution in [-0.2, 0) is 26.2 Å². The first-order chi connectivity index (χ1) is 12.4. The summed E-state index contributed by atoms with van der Waals surface area (Å²) in [4.78, 5) is 26.8. The molecule has 0 unspecified atom stereocenters. The zero-order valence-electron chi connectivity index (χ0n) is 14.4. The lowest BCUT2D eigenvalue weighted by molar-refractivity contribution is -0.122. The van der Waals surface area contributed by atoms with Gasteiger partial charge in [-0.15, -0.1) is 0 Å². The summed E-state index contributed by atoms with van der Waals surface area (Å²) in [5.74, 6) is -0.426. The van der Waals surface area contributed by atoms with Crippen molar-refractivity contribution in [3.05, 3.63) is 47.2 Å². The number of nitrogens with zero attached hydrogens (tertiary/aromatic N) is 2. The van der Waals surface area contributed by atoms with Gasteiger partial charge in [-0.1, -0.05) is 30.3 Å². The third-order valence-electron chi connectivity index (χ3n) is 4.99. The van der Waals surface area contributed by atoms with Gasteiger partial charge in [-0.25, -0.2) is 17.5 Å². The number of amides is 2. The SMILES string of the molecule is CS(=O)(=O)N1C(=O)C(C2CC2)=C2[C@@H]1CCN2C(=O)OCc1ccccc1. The zero-order chi connectivity index (χ0) is 18.5. The van der Waals surface area contributed by atoms with Gasteiger partial charge in [-0.05, 0) is 30.7 Å². The molecule has 4 rings (SSSR count). The number of carbonyl (C=O) groups excluding carboxylic acids is 2. The highest BCUT2D eigenvalue weighted by molar-refractivity contribution is 7.89. The number of benzene rings is 1. The number of sulfonamides is 1. The highest BCUT2D eigenvalue weighted by atomic mass is 32.2. The molecule has 1 aromatic rings. The van der Waals surface area contributed by atoms with Gasteiger partial charge in [0.15, 0.2) is 0 Å². The van der Waals surface area contributed by atoms with Gasteiger partial charge in [0.25, 0.3) is 5.91 Å². The van der Waals surface area contributed by atoms with Crippen molar-refractivity contribution in [3.63, 3.8) is 0 Å². The van der Waals surface area contributed by atoms with Gasteiger partial charge in [-0.2, -0.15) is 0 Å². The fourth-order valence-electron chi connectivity index (χ4n) is 3.74. The molecule has 138 valence electrons. The number of carbonyl (C=O) groups is 2. The van der Waals surface area contributed by atoms with Crippen molar-refractivity contribution in [2.75, 3.05) is 12.8 Å². The van der Waals surface area contributed by atoms with Crippen LogP contribution < -0.4 is 0 Å². The molecule has 8 heteroatoms. The summed E-state index contributed by atoms with van der Waals surface area (Å²) in [6, 6.07) is 8.74. The molecule has 0 N–H and O–H groups in total. The Morgan fingerprint density at radius 1 is 1.19 bits per heavy atom. The monoisotopic (exact) mass is 376 g/mol. The molecule has 0 aromatic heterocycles. The van der Waals surface area contributed by atoms with E-state index in [0.717, 1.165) is 29.0 Å². The Hall–Kier alpha value is -2.35. The summed E-state index contributed by atoms with van der Waals surface area (Å²) in [5, 5.41) is 0. The molecule has 1 aliphatic carbocycles. The molecule has 1 atom stereocenters. The van der Waals surface area contributed by atoms with E-state index < -0.39 is 28.1 Å². The standard InChI is InChI=1S/C18H20N2O5S/c1-26(23,24)20-14-9-10-19(16(14)15(17(20)21)13-7-8-13)18(22)25-11-12-5-3-2-4-6-12/h2-6,13-14H,7-11H2,1H3/t14-/m0/s1. The van der Waals surface area contributed by atoms with Crippen molar-refractivity contribution < 1.29 is 22.7 Å². The van der Waals surface area contributed by atoms with E-state index in [0.29, 0.717) is 24.2 Å². The van der Waals surface area contributed by atoms with E-state index in [-0.39, 0.29) is 12.5 Å². The highest BCUT2D eigenvalue weighted by Gasteiger charge is 2.53. The maximum absolute atomic E-state index is 12.7. The number of rotatable bonds is 4. The normalized spacial score (nSPS) is 22.8. The van der Waals surface area contributed by atoms with Crippen LogP contribution in [0.1, 0.15) is 24.8 Å². The second kappa shape index (κ2) is 6.12. The van der Waals surface area contributed by atoms with Crippen molar-refractivity contribution in [2.45, 2.75) is 31.9 Å². The van der Waals surface area contributed by atoms with E-state index in [1.807, 2.05) is 30.3 Å². The Morgan fingerprint density at radius 2 is 1.88 bits per heavy atom. The Bertz CT molecular complexity index is 889. The van der Waals surface area contributed by atoms with Crippen molar-refractivity contribution in [1.29, 1.82) is 0 Å². The molecule has 2 fully saturated rings.